The molecule has 29 heavy (non-hydrogen) atoms. The predicted molar refractivity (Wildman–Crippen MR) is 123 cm³/mol. The summed E-state index contributed by atoms with van der Waals surface area (Å²) in [7, 11) is 0. The second-order valence-corrected chi connectivity index (χ2v) is 8.77. The van der Waals surface area contributed by atoms with Crippen LogP contribution in [-0.4, -0.2) is 21.6 Å². The van der Waals surface area contributed by atoms with E-state index in [0.717, 1.165) is 44.0 Å². The van der Waals surface area contributed by atoms with E-state index in [4.69, 9.17) is 0 Å². The van der Waals surface area contributed by atoms with Crippen molar-refractivity contribution in [3.05, 3.63) is 71.4 Å². The molecule has 6 heteroatoms. The zero-order chi connectivity index (χ0) is 20.2. The van der Waals surface area contributed by atoms with Gasteiger partial charge in [0.05, 0.1) is 11.1 Å². The van der Waals surface area contributed by atoms with Crippen molar-refractivity contribution in [2.45, 2.75) is 25.3 Å². The van der Waals surface area contributed by atoms with E-state index in [2.05, 4.69) is 41.3 Å². The molecule has 1 N–H and O–H groups in total. The van der Waals surface area contributed by atoms with Crippen LogP contribution in [0.3, 0.4) is 0 Å². The van der Waals surface area contributed by atoms with Gasteiger partial charge in [0.2, 0.25) is 5.91 Å². The van der Waals surface area contributed by atoms with Gasteiger partial charge < -0.3 is 5.32 Å². The van der Waals surface area contributed by atoms with Crippen LogP contribution in [0.2, 0.25) is 0 Å². The normalized spacial score (nSPS) is 11.0. The van der Waals surface area contributed by atoms with Gasteiger partial charge in [0.25, 0.3) is 0 Å². The van der Waals surface area contributed by atoms with Gasteiger partial charge in [-0.15, -0.1) is 11.3 Å². The number of para-hydroxylation sites is 1. The molecule has 4 aromatic rings. The summed E-state index contributed by atoms with van der Waals surface area (Å²) >= 11 is 3.12. The van der Waals surface area contributed by atoms with E-state index < -0.39 is 0 Å². The van der Waals surface area contributed by atoms with Crippen LogP contribution in [0, 0.1) is 6.92 Å². The molecule has 1 amide bonds. The van der Waals surface area contributed by atoms with Gasteiger partial charge in [-0.2, -0.15) is 0 Å². The first kappa shape index (κ1) is 19.6. The van der Waals surface area contributed by atoms with E-state index in [9.17, 15) is 4.79 Å². The molecule has 0 bridgehead atoms. The lowest BCUT2D eigenvalue weighted by atomic mass is 10.0. The number of hydrogen-bond donors (Lipinski definition) is 1. The number of anilines is 1. The highest BCUT2D eigenvalue weighted by Crippen LogP contribution is 2.41. The van der Waals surface area contributed by atoms with E-state index >= 15 is 0 Å². The number of aryl methyl sites for hydroxylation is 2. The van der Waals surface area contributed by atoms with Crippen molar-refractivity contribution in [1.82, 2.24) is 9.97 Å². The van der Waals surface area contributed by atoms with Crippen LogP contribution in [0.15, 0.2) is 66.0 Å². The number of carbonyl (C=O) groups is 1. The third-order valence-corrected chi connectivity index (χ3v) is 6.71. The van der Waals surface area contributed by atoms with Crippen molar-refractivity contribution in [3.8, 4) is 11.1 Å². The molecular weight excluding hydrogens is 398 g/mol. The fourth-order valence-electron chi connectivity index (χ4n) is 3.35. The van der Waals surface area contributed by atoms with Gasteiger partial charge in [0, 0.05) is 16.1 Å². The number of thiophene rings is 1. The van der Waals surface area contributed by atoms with Crippen molar-refractivity contribution < 1.29 is 4.79 Å². The molecule has 0 fully saturated rings. The van der Waals surface area contributed by atoms with Crippen molar-refractivity contribution in [3.63, 3.8) is 0 Å². The Balaban J connectivity index is 1.59. The molecule has 4 rings (SSSR count). The average Bonchev–Trinajstić information content (AvgIpc) is 3.09. The molecule has 146 valence electrons. The average molecular weight is 420 g/mol. The number of nitrogens with zero attached hydrogens (tertiary/aromatic N) is 2. The quantitative estimate of drug-likeness (QED) is 0.309. The summed E-state index contributed by atoms with van der Waals surface area (Å²) in [5.74, 6) is 0.267. The first-order valence-corrected chi connectivity index (χ1v) is 11.3. The minimum absolute atomic E-state index is 0.0316. The maximum atomic E-state index is 12.6. The number of aromatic nitrogens is 2. The second-order valence-electron chi connectivity index (χ2n) is 6.61. The van der Waals surface area contributed by atoms with Crippen LogP contribution in [-0.2, 0) is 11.2 Å². The standard InChI is InChI=1S/C23H21N3OS2/c1-3-16-9-7-8-12-18(16)26-19(27)13-28-22-21-20(17-10-5-4-6-11-17)15(2)29-23(21)25-14-24-22/h4-12,14H,3,13H2,1-2H3,(H,26,27). The lowest BCUT2D eigenvalue weighted by molar-refractivity contribution is -0.113. The summed E-state index contributed by atoms with van der Waals surface area (Å²) in [6, 6.07) is 18.2. The highest BCUT2D eigenvalue weighted by atomic mass is 32.2. The third-order valence-electron chi connectivity index (χ3n) is 4.70. The summed E-state index contributed by atoms with van der Waals surface area (Å²) in [6.07, 6.45) is 2.46. The van der Waals surface area contributed by atoms with Gasteiger partial charge in [-0.3, -0.25) is 4.79 Å². The van der Waals surface area contributed by atoms with Gasteiger partial charge in [-0.25, -0.2) is 9.97 Å². The molecule has 0 aliphatic rings. The number of rotatable bonds is 6. The van der Waals surface area contributed by atoms with Crippen LogP contribution in [0.25, 0.3) is 21.3 Å². The molecule has 0 saturated carbocycles. The third kappa shape index (κ3) is 4.18. The Kier molecular flexibility index (Phi) is 5.92. The van der Waals surface area contributed by atoms with Gasteiger partial charge in [0.1, 0.15) is 16.2 Å². The zero-order valence-electron chi connectivity index (χ0n) is 16.3. The smallest absolute Gasteiger partial charge is 0.234 e. The largest absolute Gasteiger partial charge is 0.325 e. The maximum Gasteiger partial charge on any atom is 0.234 e. The number of carbonyl (C=O) groups excluding carboxylic acids is 1. The SMILES string of the molecule is CCc1ccccc1NC(=O)CSc1ncnc2sc(C)c(-c3ccccc3)c12. The molecule has 2 aromatic heterocycles. The summed E-state index contributed by atoms with van der Waals surface area (Å²) < 4.78 is 0. The van der Waals surface area contributed by atoms with E-state index in [1.807, 2.05) is 42.5 Å². The summed E-state index contributed by atoms with van der Waals surface area (Å²) in [5, 5.41) is 4.91. The molecule has 0 unspecified atom stereocenters. The van der Waals surface area contributed by atoms with E-state index in [1.165, 1.54) is 16.6 Å². The number of benzene rings is 2. The van der Waals surface area contributed by atoms with Gasteiger partial charge in [-0.05, 0) is 30.5 Å². The summed E-state index contributed by atoms with van der Waals surface area (Å²) in [5.41, 5.74) is 4.32. The Morgan fingerprint density at radius 3 is 2.62 bits per heavy atom. The second kappa shape index (κ2) is 8.76. The predicted octanol–water partition coefficient (Wildman–Crippen LogP) is 5.96. The lowest BCUT2D eigenvalue weighted by Crippen LogP contribution is -2.15. The minimum Gasteiger partial charge on any atom is -0.325 e. The fraction of sp³-hybridized carbons (Fsp3) is 0.174. The van der Waals surface area contributed by atoms with Gasteiger partial charge >= 0.3 is 0 Å². The molecule has 2 heterocycles. The fourth-order valence-corrected chi connectivity index (χ4v) is 5.23. The highest BCUT2D eigenvalue weighted by molar-refractivity contribution is 8.00. The molecule has 0 radical (unpaired) electrons. The maximum absolute atomic E-state index is 12.6. The van der Waals surface area contributed by atoms with Crippen LogP contribution in [0.5, 0.6) is 0 Å². The number of hydrogen-bond acceptors (Lipinski definition) is 5. The monoisotopic (exact) mass is 419 g/mol. The van der Waals surface area contributed by atoms with Crippen molar-refractivity contribution in [1.29, 1.82) is 0 Å². The lowest BCUT2D eigenvalue weighted by Gasteiger charge is -2.10. The Labute approximate surface area is 178 Å². The topological polar surface area (TPSA) is 54.9 Å². The summed E-state index contributed by atoms with van der Waals surface area (Å²) in [4.78, 5) is 23.7. The number of nitrogens with one attached hydrogen (secondary N) is 1. The molecule has 0 spiro atoms. The van der Waals surface area contributed by atoms with Gasteiger partial charge in [-0.1, -0.05) is 67.2 Å². The van der Waals surface area contributed by atoms with E-state index in [1.54, 1.807) is 17.7 Å². The molecule has 0 atom stereocenters. The van der Waals surface area contributed by atoms with Crippen LogP contribution in [0.4, 0.5) is 5.69 Å². The van der Waals surface area contributed by atoms with E-state index in [-0.39, 0.29) is 5.91 Å². The van der Waals surface area contributed by atoms with E-state index in [0.29, 0.717) is 5.75 Å². The molecule has 0 saturated heterocycles. The summed E-state index contributed by atoms with van der Waals surface area (Å²) in [6.45, 7) is 4.19. The Bertz CT molecular complexity index is 1160. The molecule has 4 nitrogen and oxygen atoms in total. The van der Waals surface area contributed by atoms with Crippen molar-refractivity contribution >= 4 is 44.9 Å². The van der Waals surface area contributed by atoms with Crippen LogP contribution < -0.4 is 5.32 Å². The van der Waals surface area contributed by atoms with Gasteiger partial charge in [0.15, 0.2) is 0 Å². The first-order valence-electron chi connectivity index (χ1n) is 9.47. The Morgan fingerprint density at radius 1 is 1.07 bits per heavy atom. The minimum atomic E-state index is -0.0316. The molecule has 0 aliphatic carbocycles. The zero-order valence-corrected chi connectivity index (χ0v) is 17.9. The van der Waals surface area contributed by atoms with Crippen LogP contribution >= 0.6 is 23.1 Å². The Morgan fingerprint density at radius 2 is 1.83 bits per heavy atom. The number of thioether (sulfide) groups is 1. The molecule has 2 aromatic carbocycles. The number of fused-ring (bicyclic) bond motifs is 1. The van der Waals surface area contributed by atoms with Crippen LogP contribution in [0.1, 0.15) is 17.4 Å². The highest BCUT2D eigenvalue weighted by Gasteiger charge is 2.17. The molecular formula is C23H21N3OS2. The van der Waals surface area contributed by atoms with Crippen molar-refractivity contribution in [2.24, 2.45) is 0 Å². The van der Waals surface area contributed by atoms with Crippen molar-refractivity contribution in [2.75, 3.05) is 11.1 Å². The molecule has 0 aliphatic heterocycles. The first-order chi connectivity index (χ1) is 14.2. The Hall–Kier alpha value is -2.70. The number of amides is 1.